The van der Waals surface area contributed by atoms with Gasteiger partial charge < -0.3 is 9.72 Å². The van der Waals surface area contributed by atoms with Crippen LogP contribution in [-0.2, 0) is 0 Å². The summed E-state index contributed by atoms with van der Waals surface area (Å²) in [6.45, 7) is 0. The summed E-state index contributed by atoms with van der Waals surface area (Å²) in [7, 11) is 1.62. The van der Waals surface area contributed by atoms with Crippen molar-refractivity contribution < 1.29 is 4.74 Å². The summed E-state index contributed by atoms with van der Waals surface area (Å²) in [4.78, 5) is 14.5. The third kappa shape index (κ3) is 3.52. The minimum absolute atomic E-state index is 0.207. The van der Waals surface area contributed by atoms with E-state index in [0.29, 0.717) is 16.2 Å². The number of methoxy groups -OCH3 is 1. The van der Waals surface area contributed by atoms with Gasteiger partial charge in [-0.15, -0.1) is 0 Å². The summed E-state index contributed by atoms with van der Waals surface area (Å²) < 4.78 is 5.10. The predicted octanol–water partition coefficient (Wildman–Crippen LogP) is 3.64. The Morgan fingerprint density at radius 2 is 1.96 bits per heavy atom. The number of nitrogens with zero attached hydrogens (tertiary/aromatic N) is 1. The molecule has 0 aliphatic carbocycles. The summed E-state index contributed by atoms with van der Waals surface area (Å²) in [5.74, 6) is 0.783. The lowest BCUT2D eigenvalue weighted by Crippen LogP contribution is -2.06. The van der Waals surface area contributed by atoms with Crippen LogP contribution in [0.15, 0.2) is 58.4 Å². The molecule has 1 heterocycles. The molecule has 0 amide bonds. The summed E-state index contributed by atoms with van der Waals surface area (Å²) >= 11 is 6.02. The number of aromatic amines is 1. The largest absolute Gasteiger partial charge is 0.497 e. The number of halogens is 1. The molecule has 0 saturated carbocycles. The van der Waals surface area contributed by atoms with Gasteiger partial charge in [0.2, 0.25) is 0 Å². The van der Waals surface area contributed by atoms with Crippen LogP contribution in [0.5, 0.6) is 5.75 Å². The van der Waals surface area contributed by atoms with Crippen LogP contribution >= 0.6 is 11.6 Å². The highest BCUT2D eigenvalue weighted by molar-refractivity contribution is 6.31. The number of anilines is 1. The van der Waals surface area contributed by atoms with Gasteiger partial charge in [0.1, 0.15) is 5.75 Å². The SMILES string of the molecule is COc1ccc(/C=N/Nc2cc(=O)[nH]c3ccc(Cl)cc23)cc1. The number of H-pyrrole nitrogens is 1. The van der Waals surface area contributed by atoms with Crippen LogP contribution in [0.4, 0.5) is 5.69 Å². The molecule has 3 rings (SSSR count). The van der Waals surface area contributed by atoms with Crippen molar-refractivity contribution in [2.45, 2.75) is 0 Å². The molecule has 6 heteroatoms. The van der Waals surface area contributed by atoms with Gasteiger partial charge >= 0.3 is 0 Å². The molecule has 0 atom stereocenters. The van der Waals surface area contributed by atoms with E-state index < -0.39 is 0 Å². The molecule has 5 nitrogen and oxygen atoms in total. The molecular formula is C17H14ClN3O2. The van der Waals surface area contributed by atoms with E-state index in [1.165, 1.54) is 6.07 Å². The summed E-state index contributed by atoms with van der Waals surface area (Å²) in [6, 6.07) is 14.2. The summed E-state index contributed by atoms with van der Waals surface area (Å²) in [5, 5.41) is 5.56. The van der Waals surface area contributed by atoms with Crippen LogP contribution in [0.2, 0.25) is 5.02 Å². The minimum Gasteiger partial charge on any atom is -0.497 e. The molecule has 0 radical (unpaired) electrons. The van der Waals surface area contributed by atoms with Gasteiger partial charge in [-0.1, -0.05) is 11.6 Å². The summed E-state index contributed by atoms with van der Waals surface area (Å²) in [6.07, 6.45) is 1.66. The van der Waals surface area contributed by atoms with Crippen molar-refractivity contribution in [3.05, 3.63) is 69.5 Å². The fourth-order valence-corrected chi connectivity index (χ4v) is 2.36. The van der Waals surface area contributed by atoms with Gasteiger partial charge in [-0.05, 0) is 48.0 Å². The monoisotopic (exact) mass is 327 g/mol. The lowest BCUT2D eigenvalue weighted by molar-refractivity contribution is 0.415. The average Bonchev–Trinajstić information content (AvgIpc) is 2.56. The van der Waals surface area contributed by atoms with Gasteiger partial charge in [-0.2, -0.15) is 5.10 Å². The smallest absolute Gasteiger partial charge is 0.250 e. The first-order valence-corrected chi connectivity index (χ1v) is 7.29. The molecule has 1 aromatic heterocycles. The zero-order chi connectivity index (χ0) is 16.2. The van der Waals surface area contributed by atoms with Gasteiger partial charge in [0, 0.05) is 16.5 Å². The van der Waals surface area contributed by atoms with Gasteiger partial charge in [0.15, 0.2) is 0 Å². The quantitative estimate of drug-likeness (QED) is 0.568. The molecule has 0 spiro atoms. The lowest BCUT2D eigenvalue weighted by Gasteiger charge is -2.06. The number of nitrogens with one attached hydrogen (secondary N) is 2. The lowest BCUT2D eigenvalue weighted by atomic mass is 10.2. The second-order valence-electron chi connectivity index (χ2n) is 4.88. The van der Waals surface area contributed by atoms with E-state index in [4.69, 9.17) is 16.3 Å². The number of pyridine rings is 1. The molecule has 2 aromatic carbocycles. The van der Waals surface area contributed by atoms with E-state index in [9.17, 15) is 4.79 Å². The zero-order valence-corrected chi connectivity index (χ0v) is 13.1. The van der Waals surface area contributed by atoms with E-state index in [0.717, 1.165) is 16.7 Å². The van der Waals surface area contributed by atoms with E-state index >= 15 is 0 Å². The third-order valence-electron chi connectivity index (χ3n) is 3.32. The van der Waals surface area contributed by atoms with E-state index in [1.807, 2.05) is 24.3 Å². The fourth-order valence-electron chi connectivity index (χ4n) is 2.18. The van der Waals surface area contributed by atoms with E-state index in [2.05, 4.69) is 15.5 Å². The molecule has 23 heavy (non-hydrogen) atoms. The van der Waals surface area contributed by atoms with Crippen LogP contribution in [0.3, 0.4) is 0 Å². The van der Waals surface area contributed by atoms with E-state index in [1.54, 1.807) is 31.5 Å². The second-order valence-corrected chi connectivity index (χ2v) is 5.32. The van der Waals surface area contributed by atoms with Gasteiger partial charge in [-0.3, -0.25) is 10.2 Å². The minimum atomic E-state index is -0.207. The highest BCUT2D eigenvalue weighted by atomic mass is 35.5. The predicted molar refractivity (Wildman–Crippen MR) is 93.8 cm³/mol. The fraction of sp³-hybridized carbons (Fsp3) is 0.0588. The van der Waals surface area contributed by atoms with Crippen molar-refractivity contribution in [1.29, 1.82) is 0 Å². The number of benzene rings is 2. The molecular weight excluding hydrogens is 314 g/mol. The highest BCUT2D eigenvalue weighted by Crippen LogP contribution is 2.23. The second kappa shape index (κ2) is 6.54. The Morgan fingerprint density at radius 1 is 1.17 bits per heavy atom. The molecule has 2 N–H and O–H groups in total. The van der Waals surface area contributed by atoms with Gasteiger partial charge in [0.25, 0.3) is 5.56 Å². The summed E-state index contributed by atoms with van der Waals surface area (Å²) in [5.41, 5.74) is 4.89. The number of hydrogen-bond donors (Lipinski definition) is 2. The van der Waals surface area contributed by atoms with E-state index in [-0.39, 0.29) is 5.56 Å². The number of rotatable bonds is 4. The zero-order valence-electron chi connectivity index (χ0n) is 12.3. The Kier molecular flexibility index (Phi) is 4.30. The Morgan fingerprint density at radius 3 is 2.70 bits per heavy atom. The number of fused-ring (bicyclic) bond motifs is 1. The van der Waals surface area contributed by atoms with Crippen LogP contribution < -0.4 is 15.7 Å². The van der Waals surface area contributed by atoms with Crippen molar-refractivity contribution >= 4 is 34.4 Å². The standard InChI is InChI=1S/C17H14ClN3O2/c1-23-13-5-2-11(3-6-13)10-19-21-16-9-17(22)20-15-7-4-12(18)8-14(15)16/h2-10H,1H3,(H2,20,21,22)/b19-10+. The number of hydrazone groups is 1. The molecule has 0 aliphatic heterocycles. The normalized spacial score (nSPS) is 11.0. The van der Waals surface area contributed by atoms with Gasteiger partial charge in [0.05, 0.1) is 24.5 Å². The first-order valence-electron chi connectivity index (χ1n) is 6.91. The molecule has 0 saturated heterocycles. The van der Waals surface area contributed by atoms with Crippen LogP contribution in [0, 0.1) is 0 Å². The first-order chi connectivity index (χ1) is 11.2. The Bertz CT molecular complexity index is 917. The topological polar surface area (TPSA) is 66.5 Å². The molecule has 0 aliphatic rings. The number of hydrogen-bond acceptors (Lipinski definition) is 4. The van der Waals surface area contributed by atoms with Crippen LogP contribution in [-0.4, -0.2) is 18.3 Å². The first kappa shape index (κ1) is 15.1. The Labute approximate surface area is 137 Å². The maximum Gasteiger partial charge on any atom is 0.250 e. The molecule has 0 fully saturated rings. The molecule has 116 valence electrons. The number of aromatic nitrogens is 1. The van der Waals surface area contributed by atoms with Crippen molar-refractivity contribution in [2.75, 3.05) is 12.5 Å². The Hall–Kier alpha value is -2.79. The van der Waals surface area contributed by atoms with Crippen LogP contribution in [0.1, 0.15) is 5.56 Å². The van der Waals surface area contributed by atoms with Crippen molar-refractivity contribution in [3.63, 3.8) is 0 Å². The van der Waals surface area contributed by atoms with Crippen molar-refractivity contribution in [3.8, 4) is 5.75 Å². The van der Waals surface area contributed by atoms with Crippen molar-refractivity contribution in [1.82, 2.24) is 4.98 Å². The molecule has 0 unspecified atom stereocenters. The number of ether oxygens (including phenoxy) is 1. The average molecular weight is 328 g/mol. The molecule has 0 bridgehead atoms. The van der Waals surface area contributed by atoms with Crippen LogP contribution in [0.25, 0.3) is 10.9 Å². The van der Waals surface area contributed by atoms with Crippen molar-refractivity contribution in [2.24, 2.45) is 5.10 Å². The molecule has 3 aromatic rings. The Balaban J connectivity index is 1.87. The maximum atomic E-state index is 11.7. The highest BCUT2D eigenvalue weighted by Gasteiger charge is 2.03. The maximum absolute atomic E-state index is 11.7. The third-order valence-corrected chi connectivity index (χ3v) is 3.55. The van der Waals surface area contributed by atoms with Gasteiger partial charge in [-0.25, -0.2) is 0 Å².